The molecule has 5 heteroatoms. The maximum Gasteiger partial charge on any atom is 0.159 e. The predicted molar refractivity (Wildman–Crippen MR) is 347 cm³/mol. The SMILES string of the molecule is Cc1cccc(N(c2ccc3c4c(ccc3c2)-c2ccc3c5ccc6cc(N(c7cccc(C)c7)c7cccc8c7oc7ccccc78)ccc6c5n(-c5ccccc5)c3c2CC4c2ccccc2)c2cccc3c2oc2ccccc23)c1. The van der Waals surface area contributed by atoms with Gasteiger partial charge in [0.05, 0.1) is 22.4 Å². The van der Waals surface area contributed by atoms with Gasteiger partial charge in [0.15, 0.2) is 11.2 Å². The first kappa shape index (κ1) is 47.2. The summed E-state index contributed by atoms with van der Waals surface area (Å²) in [5.74, 6) is 0.0846. The van der Waals surface area contributed by atoms with Crippen molar-refractivity contribution in [3.63, 3.8) is 0 Å². The first-order chi connectivity index (χ1) is 41.0. The number of furan rings is 2. The van der Waals surface area contributed by atoms with E-state index in [9.17, 15) is 0 Å². The summed E-state index contributed by atoms with van der Waals surface area (Å²) in [6, 6.07) is 97.7. The van der Waals surface area contributed by atoms with E-state index < -0.39 is 0 Å². The average Bonchev–Trinajstić information content (AvgIpc) is 3.04. The predicted octanol–water partition coefficient (Wildman–Crippen LogP) is 21.8. The lowest BCUT2D eigenvalue weighted by molar-refractivity contribution is 0.668. The van der Waals surface area contributed by atoms with Crippen LogP contribution in [-0.4, -0.2) is 4.57 Å². The molecule has 83 heavy (non-hydrogen) atoms. The van der Waals surface area contributed by atoms with Crippen LogP contribution in [0.4, 0.5) is 34.1 Å². The third-order valence-corrected chi connectivity index (χ3v) is 17.6. The van der Waals surface area contributed by atoms with Crippen LogP contribution in [0.5, 0.6) is 0 Å². The number of hydrogen-bond donors (Lipinski definition) is 0. The highest BCUT2D eigenvalue weighted by molar-refractivity contribution is 6.21. The lowest BCUT2D eigenvalue weighted by Crippen LogP contribution is -2.15. The molecule has 16 aromatic rings. The lowest BCUT2D eigenvalue weighted by atomic mass is 9.73. The average molecular weight is 1060 g/mol. The monoisotopic (exact) mass is 1060 g/mol. The normalized spacial score (nSPS) is 13.3. The zero-order chi connectivity index (χ0) is 54.9. The van der Waals surface area contributed by atoms with Gasteiger partial charge in [0, 0.05) is 72.1 Å². The number of rotatable bonds is 8. The Bertz CT molecular complexity index is 5300. The van der Waals surface area contributed by atoms with Gasteiger partial charge in [0.1, 0.15) is 11.2 Å². The molecule has 5 nitrogen and oxygen atoms in total. The van der Waals surface area contributed by atoms with Crippen molar-refractivity contribution in [3.8, 4) is 16.8 Å². The van der Waals surface area contributed by atoms with E-state index in [1.807, 2.05) is 12.1 Å². The fourth-order valence-electron chi connectivity index (χ4n) is 14.0. The fraction of sp³-hybridized carbons (Fsp3) is 0.0513. The Balaban J connectivity index is 0.863. The van der Waals surface area contributed by atoms with E-state index in [1.165, 1.54) is 76.9 Å². The maximum atomic E-state index is 6.72. The number of hydrogen-bond acceptors (Lipinski definition) is 4. The smallest absolute Gasteiger partial charge is 0.159 e. The summed E-state index contributed by atoms with van der Waals surface area (Å²) in [7, 11) is 0. The molecule has 0 bridgehead atoms. The minimum atomic E-state index is 0.0846. The Morgan fingerprint density at radius 2 is 0.843 bits per heavy atom. The Morgan fingerprint density at radius 3 is 1.47 bits per heavy atom. The van der Waals surface area contributed by atoms with Crippen LogP contribution >= 0.6 is 0 Å². The van der Waals surface area contributed by atoms with Gasteiger partial charge in [-0.2, -0.15) is 0 Å². The zero-order valence-corrected chi connectivity index (χ0v) is 45.8. The van der Waals surface area contributed by atoms with Crippen molar-refractivity contribution in [1.29, 1.82) is 0 Å². The molecule has 0 radical (unpaired) electrons. The molecule has 0 saturated carbocycles. The van der Waals surface area contributed by atoms with Crippen LogP contribution in [0.25, 0.3) is 104 Å². The van der Waals surface area contributed by atoms with Crippen molar-refractivity contribution in [2.45, 2.75) is 26.2 Å². The molecular weight excluding hydrogens is 1010 g/mol. The van der Waals surface area contributed by atoms with Crippen molar-refractivity contribution in [1.82, 2.24) is 4.57 Å². The minimum absolute atomic E-state index is 0.0846. The molecule has 17 rings (SSSR count). The van der Waals surface area contributed by atoms with Crippen LogP contribution in [0.3, 0.4) is 0 Å². The molecule has 392 valence electrons. The van der Waals surface area contributed by atoms with E-state index in [0.29, 0.717) is 0 Å². The molecule has 1 unspecified atom stereocenters. The number of fused-ring (bicyclic) bond motifs is 17. The molecule has 13 aromatic carbocycles. The number of nitrogens with zero attached hydrogens (tertiary/aromatic N) is 3. The number of benzene rings is 13. The number of para-hydroxylation sites is 5. The summed E-state index contributed by atoms with van der Waals surface area (Å²) in [4.78, 5) is 4.73. The van der Waals surface area contributed by atoms with Crippen molar-refractivity contribution in [2.75, 3.05) is 9.80 Å². The van der Waals surface area contributed by atoms with Gasteiger partial charge in [0.2, 0.25) is 0 Å². The van der Waals surface area contributed by atoms with Crippen LogP contribution in [0, 0.1) is 13.8 Å². The molecule has 1 aliphatic rings. The highest BCUT2D eigenvalue weighted by Crippen LogP contribution is 2.52. The zero-order valence-electron chi connectivity index (χ0n) is 45.8. The van der Waals surface area contributed by atoms with Gasteiger partial charge in [-0.15, -0.1) is 0 Å². The maximum absolute atomic E-state index is 6.72. The van der Waals surface area contributed by atoms with Gasteiger partial charge in [-0.05, 0) is 160 Å². The molecule has 0 amide bonds. The van der Waals surface area contributed by atoms with Crippen LogP contribution in [-0.2, 0) is 6.42 Å². The quantitative estimate of drug-likeness (QED) is 0.152. The van der Waals surface area contributed by atoms with E-state index >= 15 is 0 Å². The summed E-state index contributed by atoms with van der Waals surface area (Å²) in [5.41, 5.74) is 22.4. The van der Waals surface area contributed by atoms with Crippen molar-refractivity contribution >= 4 is 121 Å². The summed E-state index contributed by atoms with van der Waals surface area (Å²) < 4.78 is 16.0. The number of aryl methyl sites for hydroxylation is 2. The fourth-order valence-corrected chi connectivity index (χ4v) is 14.0. The lowest BCUT2D eigenvalue weighted by Gasteiger charge is -2.31. The van der Waals surface area contributed by atoms with E-state index in [0.717, 1.165) is 95.5 Å². The second-order valence-electron chi connectivity index (χ2n) is 22.5. The molecule has 3 aromatic heterocycles. The number of anilines is 6. The van der Waals surface area contributed by atoms with E-state index in [2.05, 4.69) is 283 Å². The van der Waals surface area contributed by atoms with Gasteiger partial charge < -0.3 is 23.2 Å². The topological polar surface area (TPSA) is 37.7 Å². The number of aromatic nitrogens is 1. The summed E-state index contributed by atoms with van der Waals surface area (Å²) in [6.45, 7) is 4.32. The Morgan fingerprint density at radius 1 is 0.361 bits per heavy atom. The Kier molecular flexibility index (Phi) is 10.5. The van der Waals surface area contributed by atoms with Gasteiger partial charge in [0.25, 0.3) is 0 Å². The Hall–Kier alpha value is -10.6. The first-order valence-electron chi connectivity index (χ1n) is 28.7. The molecule has 3 heterocycles. The second kappa shape index (κ2) is 18.5. The van der Waals surface area contributed by atoms with Crippen molar-refractivity contribution < 1.29 is 8.83 Å². The molecular formula is C78H53N3O2. The molecule has 0 N–H and O–H groups in total. The van der Waals surface area contributed by atoms with Gasteiger partial charge >= 0.3 is 0 Å². The molecule has 0 fully saturated rings. The van der Waals surface area contributed by atoms with Gasteiger partial charge in [-0.1, -0.05) is 182 Å². The highest BCUT2D eigenvalue weighted by Gasteiger charge is 2.32. The first-order valence-corrected chi connectivity index (χ1v) is 28.7. The molecule has 0 spiro atoms. The molecule has 0 aliphatic heterocycles. The molecule has 1 aliphatic carbocycles. The summed E-state index contributed by atoms with van der Waals surface area (Å²) >= 11 is 0. The standard InChI is InChI=1S/C78H53N3O2/c1-48-17-13-23-54(43-48)79(70-29-15-27-66-61-25-9-11-31-72(61)82-77(66)70)56-35-39-58-51(45-56)33-37-63-60-41-42-65-64-38-34-52-46-57(80(55-24-14-18-49(2)44-55)71-30-16-28-67-62-26-10-12-32-73(62)83-78(67)71)36-40-59(52)75(64)81(53-21-7-4-8-22-53)76(65)69(60)47-68(74(58)63)50-19-5-3-6-20-50/h3-46,68H,47H2,1-2H3. The molecule has 1 atom stereocenters. The third kappa shape index (κ3) is 7.34. The van der Waals surface area contributed by atoms with E-state index in [4.69, 9.17) is 8.83 Å². The van der Waals surface area contributed by atoms with Gasteiger partial charge in [-0.3, -0.25) is 0 Å². The third-order valence-electron chi connectivity index (χ3n) is 17.6. The largest absolute Gasteiger partial charge is 0.454 e. The second-order valence-corrected chi connectivity index (χ2v) is 22.5. The summed E-state index contributed by atoms with van der Waals surface area (Å²) in [5, 5.41) is 11.7. The van der Waals surface area contributed by atoms with Crippen molar-refractivity contribution in [3.05, 3.63) is 295 Å². The van der Waals surface area contributed by atoms with Crippen LogP contribution in [0.1, 0.15) is 33.7 Å². The van der Waals surface area contributed by atoms with Gasteiger partial charge in [-0.25, -0.2) is 0 Å². The van der Waals surface area contributed by atoms with Crippen LogP contribution in [0.15, 0.2) is 276 Å². The molecule has 0 saturated heterocycles. The van der Waals surface area contributed by atoms with Crippen LogP contribution < -0.4 is 9.80 Å². The Labute approximate surface area is 479 Å². The van der Waals surface area contributed by atoms with E-state index in [1.54, 1.807) is 0 Å². The van der Waals surface area contributed by atoms with Crippen LogP contribution in [0.2, 0.25) is 0 Å². The van der Waals surface area contributed by atoms with Crippen molar-refractivity contribution in [2.24, 2.45) is 0 Å². The highest BCUT2D eigenvalue weighted by atomic mass is 16.3. The summed E-state index contributed by atoms with van der Waals surface area (Å²) in [6.07, 6.45) is 0.831. The minimum Gasteiger partial charge on any atom is -0.454 e. The van der Waals surface area contributed by atoms with E-state index in [-0.39, 0.29) is 5.92 Å².